The van der Waals surface area contributed by atoms with Crippen molar-refractivity contribution in [3.05, 3.63) is 0 Å². The van der Waals surface area contributed by atoms with Gasteiger partial charge in [0.1, 0.15) is 6.29 Å². The van der Waals surface area contributed by atoms with Gasteiger partial charge >= 0.3 is 0 Å². The van der Waals surface area contributed by atoms with Gasteiger partial charge in [-0.15, -0.1) is 0 Å². The molecule has 0 aliphatic rings. The smallest absolute Gasteiger partial charge is 0.116 e. The van der Waals surface area contributed by atoms with E-state index in [4.69, 9.17) is 4.79 Å². The fraction of sp³-hybridized carbons (Fsp3) is 0.875. The van der Waals surface area contributed by atoms with Gasteiger partial charge in [0, 0.05) is 6.04 Å². The Hall–Kier alpha value is -0.370. The number of aldehydes is 1. The largest absolute Gasteiger partial charge is 0.317 e. The predicted molar refractivity (Wildman–Crippen MR) is 45.1 cm³/mol. The van der Waals surface area contributed by atoms with Crippen LogP contribution in [-0.2, 0) is 4.79 Å². The molecule has 2 nitrogen and oxygen atoms in total. The summed E-state index contributed by atoms with van der Waals surface area (Å²) in [5.74, 6) is 0.755. The molecule has 0 radical (unpaired) electrons. The number of hydrogen-bond donors (Lipinski definition) is 1. The van der Waals surface area contributed by atoms with Crippen LogP contribution in [0.5, 0.6) is 0 Å². The number of carbonyl (C=O) groups is 1. The van der Waals surface area contributed by atoms with E-state index in [1.165, 1.54) is 6.92 Å². The van der Waals surface area contributed by atoms with Crippen LogP contribution in [0.4, 0.5) is 0 Å². The van der Waals surface area contributed by atoms with Crippen LogP contribution in [0.1, 0.15) is 27.7 Å². The van der Waals surface area contributed by atoms with Gasteiger partial charge in [0.2, 0.25) is 0 Å². The van der Waals surface area contributed by atoms with Crippen molar-refractivity contribution in [2.75, 3.05) is 7.05 Å². The predicted octanol–water partition coefficient (Wildman–Crippen LogP) is 1.46. The molecule has 0 aliphatic carbocycles. The molecule has 1 atom stereocenters. The number of nitrogens with one attached hydrogen (secondary N) is 1. The highest BCUT2D eigenvalue weighted by Gasteiger charge is 2.00. The van der Waals surface area contributed by atoms with Crippen molar-refractivity contribution < 1.29 is 4.79 Å². The molecule has 1 unspecified atom stereocenters. The molecule has 0 saturated heterocycles. The summed E-state index contributed by atoms with van der Waals surface area (Å²) in [6.45, 7) is 8.05. The lowest BCUT2D eigenvalue weighted by molar-refractivity contribution is -0.106. The standard InChI is InChI=1S/C6H15N.C2H4O/c1-5(2)6(3)7-4;1-2-3/h5-7H,1-4H3;2H,1H3. The Balaban J connectivity index is 0. The molecule has 0 fully saturated rings. The van der Waals surface area contributed by atoms with E-state index in [0.717, 1.165) is 12.2 Å². The maximum Gasteiger partial charge on any atom is 0.116 e. The third kappa shape index (κ3) is 10.6. The van der Waals surface area contributed by atoms with Crippen LogP contribution in [0.3, 0.4) is 0 Å². The second kappa shape index (κ2) is 8.63. The lowest BCUT2D eigenvalue weighted by Crippen LogP contribution is -2.26. The molecule has 0 aromatic carbocycles. The Morgan fingerprint density at radius 3 is 1.60 bits per heavy atom. The highest BCUT2D eigenvalue weighted by atomic mass is 16.1. The first-order valence-electron chi connectivity index (χ1n) is 3.67. The molecule has 0 saturated carbocycles. The SMILES string of the molecule is CC=O.CNC(C)C(C)C. The zero-order valence-corrected chi connectivity index (χ0v) is 7.64. The van der Waals surface area contributed by atoms with Gasteiger partial charge in [0.05, 0.1) is 0 Å². The second-order valence-corrected chi connectivity index (χ2v) is 2.56. The van der Waals surface area contributed by atoms with Crippen molar-refractivity contribution >= 4 is 6.29 Å². The molecule has 1 N–H and O–H groups in total. The molecule has 62 valence electrons. The van der Waals surface area contributed by atoms with Gasteiger partial charge in [0.15, 0.2) is 0 Å². The Labute approximate surface area is 64.0 Å². The van der Waals surface area contributed by atoms with Gasteiger partial charge < -0.3 is 10.1 Å². The lowest BCUT2D eigenvalue weighted by atomic mass is 10.1. The minimum Gasteiger partial charge on any atom is -0.317 e. The third-order valence-corrected chi connectivity index (χ3v) is 1.46. The van der Waals surface area contributed by atoms with Crippen LogP contribution >= 0.6 is 0 Å². The van der Waals surface area contributed by atoms with Gasteiger partial charge in [-0.3, -0.25) is 0 Å². The van der Waals surface area contributed by atoms with Crippen molar-refractivity contribution in [3.63, 3.8) is 0 Å². The van der Waals surface area contributed by atoms with E-state index in [2.05, 4.69) is 26.1 Å². The Morgan fingerprint density at radius 1 is 1.30 bits per heavy atom. The average molecular weight is 145 g/mol. The van der Waals surface area contributed by atoms with Gasteiger partial charge in [-0.2, -0.15) is 0 Å². The van der Waals surface area contributed by atoms with Crippen molar-refractivity contribution in [2.24, 2.45) is 5.92 Å². The molecule has 0 bridgehead atoms. The van der Waals surface area contributed by atoms with E-state index in [-0.39, 0.29) is 0 Å². The highest BCUT2D eigenvalue weighted by molar-refractivity contribution is 5.44. The van der Waals surface area contributed by atoms with Crippen molar-refractivity contribution in [3.8, 4) is 0 Å². The molecule has 0 aliphatic heterocycles. The highest BCUT2D eigenvalue weighted by Crippen LogP contribution is 1.96. The average Bonchev–Trinajstić information content (AvgIpc) is 1.88. The van der Waals surface area contributed by atoms with E-state index < -0.39 is 0 Å². The molecule has 0 amide bonds. The molecular formula is C8H19NO. The van der Waals surface area contributed by atoms with Crippen LogP contribution in [0.15, 0.2) is 0 Å². The second-order valence-electron chi connectivity index (χ2n) is 2.56. The van der Waals surface area contributed by atoms with Crippen molar-refractivity contribution in [1.82, 2.24) is 5.32 Å². The van der Waals surface area contributed by atoms with Gasteiger partial charge in [0.25, 0.3) is 0 Å². The maximum atomic E-state index is 8.81. The molecule has 0 aromatic rings. The Bertz CT molecular complexity index is 71.7. The first-order chi connectivity index (χ1) is 4.59. The maximum absolute atomic E-state index is 8.81. The number of rotatable bonds is 2. The first-order valence-corrected chi connectivity index (χ1v) is 3.67. The van der Waals surface area contributed by atoms with E-state index in [0.29, 0.717) is 6.04 Å². The topological polar surface area (TPSA) is 29.1 Å². The minimum absolute atomic E-state index is 0.653. The summed E-state index contributed by atoms with van der Waals surface area (Å²) in [6.07, 6.45) is 0.750. The molecule has 0 spiro atoms. The van der Waals surface area contributed by atoms with Crippen molar-refractivity contribution in [2.45, 2.75) is 33.7 Å². The zero-order valence-electron chi connectivity index (χ0n) is 7.64. The van der Waals surface area contributed by atoms with Crippen LogP contribution in [0.2, 0.25) is 0 Å². The minimum atomic E-state index is 0.653. The first kappa shape index (κ1) is 12.3. The molecule has 10 heavy (non-hydrogen) atoms. The molecular weight excluding hydrogens is 126 g/mol. The van der Waals surface area contributed by atoms with E-state index in [9.17, 15) is 0 Å². The zero-order chi connectivity index (χ0) is 8.57. The summed E-state index contributed by atoms with van der Waals surface area (Å²) in [6, 6.07) is 0.653. The summed E-state index contributed by atoms with van der Waals surface area (Å²) < 4.78 is 0. The third-order valence-electron chi connectivity index (χ3n) is 1.46. The molecule has 0 rings (SSSR count). The summed E-state index contributed by atoms with van der Waals surface area (Å²) >= 11 is 0. The molecule has 0 heterocycles. The van der Waals surface area contributed by atoms with Crippen LogP contribution in [0, 0.1) is 5.92 Å². The van der Waals surface area contributed by atoms with E-state index >= 15 is 0 Å². The number of carbonyl (C=O) groups excluding carboxylic acids is 1. The molecule has 2 heteroatoms. The fourth-order valence-electron chi connectivity index (χ4n) is 0.333. The monoisotopic (exact) mass is 145 g/mol. The molecule has 0 aromatic heterocycles. The summed E-state index contributed by atoms with van der Waals surface area (Å²) in [5, 5.41) is 3.16. The van der Waals surface area contributed by atoms with Crippen LogP contribution < -0.4 is 5.32 Å². The lowest BCUT2D eigenvalue weighted by Gasteiger charge is -2.12. The van der Waals surface area contributed by atoms with E-state index in [1.807, 2.05) is 7.05 Å². The fourth-order valence-corrected chi connectivity index (χ4v) is 0.333. The van der Waals surface area contributed by atoms with Crippen molar-refractivity contribution in [1.29, 1.82) is 0 Å². The quantitative estimate of drug-likeness (QED) is 0.596. The summed E-state index contributed by atoms with van der Waals surface area (Å²) in [5.41, 5.74) is 0. The Morgan fingerprint density at radius 2 is 1.60 bits per heavy atom. The van der Waals surface area contributed by atoms with E-state index in [1.54, 1.807) is 0 Å². The van der Waals surface area contributed by atoms with Crippen LogP contribution in [-0.4, -0.2) is 19.4 Å². The summed E-state index contributed by atoms with van der Waals surface area (Å²) in [7, 11) is 1.99. The summed E-state index contributed by atoms with van der Waals surface area (Å²) in [4.78, 5) is 8.81. The normalized spacial score (nSPS) is 11.8. The van der Waals surface area contributed by atoms with Gasteiger partial charge in [-0.05, 0) is 26.8 Å². The van der Waals surface area contributed by atoms with Gasteiger partial charge in [-0.1, -0.05) is 13.8 Å². The van der Waals surface area contributed by atoms with Gasteiger partial charge in [-0.25, -0.2) is 0 Å². The van der Waals surface area contributed by atoms with Crippen LogP contribution in [0.25, 0.3) is 0 Å². The Kier molecular flexibility index (Phi) is 10.6. The number of hydrogen-bond acceptors (Lipinski definition) is 2.